The zero-order chi connectivity index (χ0) is 46.5. The second kappa shape index (κ2) is 53.7. The van der Waals surface area contributed by atoms with Crippen molar-refractivity contribution in [3.63, 3.8) is 0 Å². The molecule has 3 N–H and O–H groups in total. The Morgan fingerprint density at radius 3 is 1.23 bits per heavy atom. The number of amides is 1. The van der Waals surface area contributed by atoms with Gasteiger partial charge in [0.1, 0.15) is 0 Å². The van der Waals surface area contributed by atoms with Crippen LogP contribution in [0.25, 0.3) is 0 Å². The van der Waals surface area contributed by atoms with Crippen molar-refractivity contribution in [1.29, 1.82) is 0 Å². The Hall–Kier alpha value is -1.92. The zero-order valence-corrected chi connectivity index (χ0v) is 42.8. The molecule has 0 spiro atoms. The molecule has 0 aliphatic heterocycles. The third kappa shape index (κ3) is 49.5. The first-order valence-electron chi connectivity index (χ1n) is 28.3. The van der Waals surface area contributed by atoms with E-state index >= 15 is 0 Å². The van der Waals surface area contributed by atoms with Crippen LogP contribution in [0.2, 0.25) is 0 Å². The summed E-state index contributed by atoms with van der Waals surface area (Å²) >= 11 is 0. The molecule has 0 aromatic carbocycles. The van der Waals surface area contributed by atoms with Crippen molar-refractivity contribution in [2.24, 2.45) is 0 Å². The summed E-state index contributed by atoms with van der Waals surface area (Å²) in [5.41, 5.74) is 0. The number of rotatable bonds is 52. The topological polar surface area (TPSA) is 95.9 Å². The van der Waals surface area contributed by atoms with Crippen LogP contribution in [0.15, 0.2) is 36.5 Å². The molecule has 0 saturated carbocycles. The Bertz CT molecular complexity index is 1040. The molecule has 0 saturated heterocycles. The van der Waals surface area contributed by atoms with Crippen LogP contribution in [0.1, 0.15) is 296 Å². The number of allylic oxidation sites excluding steroid dienone is 5. The van der Waals surface area contributed by atoms with Crippen LogP contribution < -0.4 is 5.32 Å². The van der Waals surface area contributed by atoms with Gasteiger partial charge in [0, 0.05) is 12.8 Å². The minimum atomic E-state index is -0.847. The number of hydrogen-bond acceptors (Lipinski definition) is 5. The smallest absolute Gasteiger partial charge is 0.305 e. The van der Waals surface area contributed by atoms with Gasteiger partial charge in [-0.05, 0) is 57.8 Å². The Morgan fingerprint density at radius 1 is 0.438 bits per heavy atom. The van der Waals surface area contributed by atoms with Gasteiger partial charge in [0.25, 0.3) is 0 Å². The molecule has 0 aromatic rings. The molecule has 2 unspecified atom stereocenters. The second-order valence-electron chi connectivity index (χ2n) is 19.3. The fraction of sp³-hybridized carbons (Fsp3) is 0.862. The maximum absolute atomic E-state index is 12.4. The monoisotopic (exact) mass is 900 g/mol. The van der Waals surface area contributed by atoms with Crippen LogP contribution in [0.3, 0.4) is 0 Å². The minimum absolute atomic E-state index is 0.00841. The minimum Gasteiger partial charge on any atom is -0.466 e. The SMILES string of the molecule is CCCC/C=C\C/C=C\CCCCCCCC(=O)OCCCCCCCCCCCCCCCCCCCCC(=O)NC(CO)C(O)/C=C/CCCCCCCCCCCCCCC. The molecule has 6 nitrogen and oxygen atoms in total. The van der Waals surface area contributed by atoms with Crippen molar-refractivity contribution >= 4 is 11.9 Å². The Balaban J connectivity index is 3.44. The third-order valence-corrected chi connectivity index (χ3v) is 12.9. The fourth-order valence-corrected chi connectivity index (χ4v) is 8.53. The maximum atomic E-state index is 12.4. The summed E-state index contributed by atoms with van der Waals surface area (Å²) in [6.45, 7) is 4.85. The number of hydrogen-bond donors (Lipinski definition) is 3. The quantitative estimate of drug-likeness (QED) is 0.0321. The van der Waals surface area contributed by atoms with E-state index in [-0.39, 0.29) is 18.5 Å². The van der Waals surface area contributed by atoms with Gasteiger partial charge in [-0.2, -0.15) is 0 Å². The highest BCUT2D eigenvalue weighted by Gasteiger charge is 2.18. The molecule has 0 aliphatic rings. The van der Waals surface area contributed by atoms with Gasteiger partial charge in [-0.3, -0.25) is 9.59 Å². The summed E-state index contributed by atoms with van der Waals surface area (Å²) in [7, 11) is 0. The first-order valence-corrected chi connectivity index (χ1v) is 28.3. The summed E-state index contributed by atoms with van der Waals surface area (Å²) in [6.07, 6.45) is 65.8. The van der Waals surface area contributed by atoms with E-state index in [4.69, 9.17) is 4.74 Å². The van der Waals surface area contributed by atoms with Gasteiger partial charge >= 0.3 is 5.97 Å². The van der Waals surface area contributed by atoms with Gasteiger partial charge in [0.2, 0.25) is 5.91 Å². The molecule has 0 fully saturated rings. The number of ether oxygens (including phenoxy) is 1. The average molecular weight is 901 g/mol. The molecule has 0 heterocycles. The lowest BCUT2D eigenvalue weighted by molar-refractivity contribution is -0.143. The van der Waals surface area contributed by atoms with Gasteiger partial charge in [-0.1, -0.05) is 262 Å². The zero-order valence-electron chi connectivity index (χ0n) is 42.8. The van der Waals surface area contributed by atoms with E-state index in [1.165, 1.54) is 218 Å². The standard InChI is InChI=1S/C58H109NO5/c1-3-5-7-9-11-13-15-17-23-26-30-34-38-42-46-50-56(61)55(54-60)59-57(62)51-47-43-39-35-31-27-24-21-19-20-22-25-29-33-37-41-45-49-53-64-58(63)52-48-44-40-36-32-28-18-16-14-12-10-8-6-4-2/h10,12,16,18,46,50,55-56,60-61H,3-9,11,13-15,17,19-45,47-49,51-54H2,1-2H3,(H,59,62)/b12-10-,18-16-,50-46+. The summed E-state index contributed by atoms with van der Waals surface area (Å²) in [4.78, 5) is 24.5. The maximum Gasteiger partial charge on any atom is 0.305 e. The number of carbonyl (C=O) groups excluding carboxylic acids is 2. The van der Waals surface area contributed by atoms with Crippen LogP contribution in [0, 0.1) is 0 Å². The van der Waals surface area contributed by atoms with E-state index in [1.807, 2.05) is 6.08 Å². The Morgan fingerprint density at radius 2 is 0.797 bits per heavy atom. The Kier molecular flexibility index (Phi) is 52.1. The fourth-order valence-electron chi connectivity index (χ4n) is 8.53. The lowest BCUT2D eigenvalue weighted by Gasteiger charge is -2.20. The molecule has 0 aliphatic carbocycles. The molecule has 0 rings (SSSR count). The van der Waals surface area contributed by atoms with Crippen molar-refractivity contribution in [3.8, 4) is 0 Å². The lowest BCUT2D eigenvalue weighted by atomic mass is 10.0. The molecule has 1 amide bonds. The molecule has 0 bridgehead atoms. The number of aliphatic hydroxyl groups is 2. The van der Waals surface area contributed by atoms with Gasteiger partial charge in [0.05, 0.1) is 25.4 Å². The Labute approximate surface area is 398 Å². The van der Waals surface area contributed by atoms with Gasteiger partial charge in [0.15, 0.2) is 0 Å². The summed E-state index contributed by atoms with van der Waals surface area (Å²) in [5, 5.41) is 23.1. The van der Waals surface area contributed by atoms with E-state index < -0.39 is 12.1 Å². The second-order valence-corrected chi connectivity index (χ2v) is 19.3. The summed E-state index contributed by atoms with van der Waals surface area (Å²) in [5.74, 6) is -0.0803. The van der Waals surface area contributed by atoms with Crippen LogP contribution in [-0.4, -0.2) is 47.4 Å². The van der Waals surface area contributed by atoms with Crippen LogP contribution in [0.4, 0.5) is 0 Å². The van der Waals surface area contributed by atoms with Gasteiger partial charge < -0.3 is 20.3 Å². The summed E-state index contributed by atoms with van der Waals surface area (Å²) < 4.78 is 5.46. The average Bonchev–Trinajstić information content (AvgIpc) is 3.29. The molecule has 6 heteroatoms. The predicted molar refractivity (Wildman–Crippen MR) is 278 cm³/mol. The van der Waals surface area contributed by atoms with Crippen molar-refractivity contribution < 1.29 is 24.5 Å². The van der Waals surface area contributed by atoms with Gasteiger partial charge in [-0.15, -0.1) is 0 Å². The molecule has 64 heavy (non-hydrogen) atoms. The highest BCUT2D eigenvalue weighted by Crippen LogP contribution is 2.17. The van der Waals surface area contributed by atoms with Crippen LogP contribution >= 0.6 is 0 Å². The highest BCUT2D eigenvalue weighted by molar-refractivity contribution is 5.76. The predicted octanol–water partition coefficient (Wildman–Crippen LogP) is 17.2. The van der Waals surface area contributed by atoms with Gasteiger partial charge in [-0.25, -0.2) is 0 Å². The number of carbonyl (C=O) groups is 2. The molecule has 2 atom stereocenters. The van der Waals surface area contributed by atoms with E-state index in [9.17, 15) is 19.8 Å². The first kappa shape index (κ1) is 62.1. The van der Waals surface area contributed by atoms with E-state index in [2.05, 4.69) is 43.5 Å². The van der Waals surface area contributed by atoms with Crippen LogP contribution in [-0.2, 0) is 14.3 Å². The number of aliphatic hydroxyl groups excluding tert-OH is 2. The third-order valence-electron chi connectivity index (χ3n) is 12.9. The van der Waals surface area contributed by atoms with Crippen LogP contribution in [0.5, 0.6) is 0 Å². The van der Waals surface area contributed by atoms with Crippen molar-refractivity contribution in [2.45, 2.75) is 309 Å². The lowest BCUT2D eigenvalue weighted by Crippen LogP contribution is -2.45. The largest absolute Gasteiger partial charge is 0.466 e. The number of nitrogens with one attached hydrogen (secondary N) is 1. The van der Waals surface area contributed by atoms with E-state index in [0.29, 0.717) is 19.4 Å². The molecular weight excluding hydrogens is 791 g/mol. The molecular formula is C58H109NO5. The number of esters is 1. The highest BCUT2D eigenvalue weighted by atomic mass is 16.5. The normalized spacial score (nSPS) is 12.9. The first-order chi connectivity index (χ1) is 31.5. The molecule has 0 radical (unpaired) electrons. The van der Waals surface area contributed by atoms with E-state index in [1.54, 1.807) is 6.08 Å². The molecule has 0 aromatic heterocycles. The van der Waals surface area contributed by atoms with E-state index in [0.717, 1.165) is 51.4 Å². The summed E-state index contributed by atoms with van der Waals surface area (Å²) in [6, 6.07) is -0.631. The van der Waals surface area contributed by atoms with Crippen molar-refractivity contribution in [1.82, 2.24) is 5.32 Å². The van der Waals surface area contributed by atoms with Crippen molar-refractivity contribution in [2.75, 3.05) is 13.2 Å². The number of unbranched alkanes of at least 4 members (excludes halogenated alkanes) is 37. The van der Waals surface area contributed by atoms with Crippen molar-refractivity contribution in [3.05, 3.63) is 36.5 Å². The molecule has 376 valence electrons.